The first-order valence-corrected chi connectivity index (χ1v) is 12.5. The number of carbonyl (C=O) groups is 3. The van der Waals surface area contributed by atoms with Crippen LogP contribution < -0.4 is 15.4 Å². The molecule has 1 aromatic carbocycles. The van der Waals surface area contributed by atoms with Crippen LogP contribution in [-0.2, 0) is 19.7 Å². The van der Waals surface area contributed by atoms with Crippen molar-refractivity contribution in [3.05, 3.63) is 54.0 Å². The third-order valence-electron chi connectivity index (χ3n) is 6.99. The lowest BCUT2D eigenvalue weighted by molar-refractivity contribution is -0.128. The molecular weight excluding hydrogens is 462 g/mol. The number of likely N-dealkylation sites (tertiary alicyclic amines) is 1. The summed E-state index contributed by atoms with van der Waals surface area (Å²) in [5.74, 6) is 0.119. The summed E-state index contributed by atoms with van der Waals surface area (Å²) in [5, 5.41) is 5.58. The first-order valence-electron chi connectivity index (χ1n) is 12.5. The Labute approximate surface area is 211 Å². The number of Topliss-reactive ketones (excluding diaryl/α,β-unsaturated/α-hetero) is 1. The van der Waals surface area contributed by atoms with Crippen LogP contribution in [0.3, 0.4) is 0 Å². The van der Waals surface area contributed by atoms with Crippen LogP contribution in [0.15, 0.2) is 47.1 Å². The van der Waals surface area contributed by atoms with Gasteiger partial charge in [-0.05, 0) is 50.3 Å². The fraction of sp³-hybridized carbons (Fsp3) is 0.519. The number of ether oxygens (including phenoxy) is 2. The lowest BCUT2D eigenvalue weighted by atomic mass is 9.79. The highest BCUT2D eigenvalue weighted by Crippen LogP contribution is 2.29. The molecule has 194 valence electrons. The van der Waals surface area contributed by atoms with E-state index in [2.05, 4.69) is 15.5 Å². The van der Waals surface area contributed by atoms with Crippen molar-refractivity contribution in [3.63, 3.8) is 0 Å². The van der Waals surface area contributed by atoms with E-state index in [-0.39, 0.29) is 18.1 Å². The van der Waals surface area contributed by atoms with Crippen molar-refractivity contribution in [3.8, 4) is 5.75 Å². The van der Waals surface area contributed by atoms with E-state index in [1.807, 2.05) is 44.2 Å². The van der Waals surface area contributed by atoms with E-state index in [1.54, 1.807) is 6.92 Å². The molecule has 0 radical (unpaired) electrons. The summed E-state index contributed by atoms with van der Waals surface area (Å²) in [6.07, 6.45) is 2.77. The van der Waals surface area contributed by atoms with Gasteiger partial charge in [0.25, 0.3) is 0 Å². The Kier molecular flexibility index (Phi) is 8.11. The Balaban J connectivity index is 1.49. The third-order valence-corrected chi connectivity index (χ3v) is 6.99. The number of furan rings is 1. The molecule has 0 saturated carbocycles. The van der Waals surface area contributed by atoms with E-state index in [9.17, 15) is 14.4 Å². The van der Waals surface area contributed by atoms with Gasteiger partial charge in [-0.3, -0.25) is 9.59 Å². The zero-order valence-corrected chi connectivity index (χ0v) is 21.1. The van der Waals surface area contributed by atoms with Crippen LogP contribution in [0.5, 0.6) is 5.75 Å². The number of hydrogen-bond donors (Lipinski definition) is 2. The van der Waals surface area contributed by atoms with Crippen LogP contribution in [0.2, 0.25) is 0 Å². The molecular formula is C27H35N3O6. The summed E-state index contributed by atoms with van der Waals surface area (Å²) in [7, 11) is 0. The number of nitrogens with one attached hydrogen (secondary N) is 2. The van der Waals surface area contributed by atoms with Crippen molar-refractivity contribution >= 4 is 17.8 Å². The maximum Gasteiger partial charge on any atom is 0.413 e. The van der Waals surface area contributed by atoms with Gasteiger partial charge in [0.2, 0.25) is 5.91 Å². The maximum atomic E-state index is 13.5. The van der Waals surface area contributed by atoms with Crippen LogP contribution in [0, 0.1) is 6.92 Å². The van der Waals surface area contributed by atoms with E-state index in [4.69, 9.17) is 13.9 Å². The topological polar surface area (TPSA) is 110 Å². The molecule has 36 heavy (non-hydrogen) atoms. The highest BCUT2D eigenvalue weighted by atomic mass is 16.6. The average Bonchev–Trinajstić information content (AvgIpc) is 3.59. The largest absolute Gasteiger partial charge is 0.466 e. The van der Waals surface area contributed by atoms with Crippen molar-refractivity contribution in [2.45, 2.75) is 63.6 Å². The number of ketones is 1. The van der Waals surface area contributed by atoms with Crippen LogP contribution in [0.25, 0.3) is 0 Å². The smallest absolute Gasteiger partial charge is 0.413 e. The molecule has 3 heterocycles. The van der Waals surface area contributed by atoms with Gasteiger partial charge in [-0.2, -0.15) is 0 Å². The zero-order chi connectivity index (χ0) is 25.7. The van der Waals surface area contributed by atoms with Gasteiger partial charge < -0.3 is 29.4 Å². The number of hydrogen-bond acceptors (Lipinski definition) is 7. The summed E-state index contributed by atoms with van der Waals surface area (Å²) < 4.78 is 16.3. The van der Waals surface area contributed by atoms with Gasteiger partial charge in [-0.25, -0.2) is 4.79 Å². The number of benzene rings is 1. The maximum absolute atomic E-state index is 13.5. The minimum absolute atomic E-state index is 0.0289. The zero-order valence-electron chi connectivity index (χ0n) is 21.1. The number of amides is 2. The second-order valence-corrected chi connectivity index (χ2v) is 10.2. The van der Waals surface area contributed by atoms with Gasteiger partial charge in [0.15, 0.2) is 11.5 Å². The summed E-state index contributed by atoms with van der Waals surface area (Å²) in [5.41, 5.74) is 0.573. The van der Waals surface area contributed by atoms with Gasteiger partial charge in [-0.1, -0.05) is 44.2 Å². The number of aryl methyl sites for hydroxylation is 1. The first kappa shape index (κ1) is 25.9. The Hall–Kier alpha value is -3.17. The van der Waals surface area contributed by atoms with Gasteiger partial charge in [0, 0.05) is 12.6 Å². The Morgan fingerprint density at radius 3 is 2.56 bits per heavy atom. The second-order valence-electron chi connectivity index (χ2n) is 10.2. The molecule has 3 atom stereocenters. The summed E-state index contributed by atoms with van der Waals surface area (Å²) in [4.78, 5) is 41.1. The van der Waals surface area contributed by atoms with Crippen molar-refractivity contribution in [1.82, 2.24) is 15.5 Å². The van der Waals surface area contributed by atoms with Crippen LogP contribution in [0.4, 0.5) is 4.79 Å². The normalized spacial score (nSPS) is 21.4. The van der Waals surface area contributed by atoms with Gasteiger partial charge in [-0.15, -0.1) is 0 Å². The molecule has 0 aliphatic carbocycles. The van der Waals surface area contributed by atoms with E-state index < -0.39 is 35.6 Å². The van der Waals surface area contributed by atoms with Crippen LogP contribution in [0.1, 0.15) is 44.4 Å². The number of rotatable bonds is 9. The highest BCUT2D eigenvalue weighted by molar-refractivity contribution is 5.94. The summed E-state index contributed by atoms with van der Waals surface area (Å²) >= 11 is 0. The lowest BCUT2D eigenvalue weighted by Gasteiger charge is -2.31. The summed E-state index contributed by atoms with van der Waals surface area (Å²) in [6.45, 7) is 8.18. The molecule has 0 spiro atoms. The van der Waals surface area contributed by atoms with Crippen molar-refractivity contribution in [2.75, 3.05) is 26.2 Å². The van der Waals surface area contributed by atoms with Gasteiger partial charge >= 0.3 is 6.09 Å². The molecule has 2 aliphatic rings. The fourth-order valence-corrected chi connectivity index (χ4v) is 4.87. The number of nitrogens with zero attached hydrogens (tertiary/aromatic N) is 1. The molecule has 0 bridgehead atoms. The minimum Gasteiger partial charge on any atom is -0.466 e. The number of carbonyl (C=O) groups excluding carboxylic acids is 3. The molecule has 2 aromatic rings. The fourth-order valence-electron chi connectivity index (χ4n) is 4.87. The first-order chi connectivity index (χ1) is 17.2. The van der Waals surface area contributed by atoms with E-state index in [1.165, 1.54) is 12.3 Å². The quantitative estimate of drug-likeness (QED) is 0.548. The van der Waals surface area contributed by atoms with Gasteiger partial charge in [0.1, 0.15) is 24.5 Å². The SMILES string of the molecule is Cc1occc1OC(=O)N[C@@H](CC(C)(C)c1ccccc1)C(=O)NC1C(=O)COC1CN1CCCC1. The third kappa shape index (κ3) is 6.33. The van der Waals surface area contributed by atoms with Crippen molar-refractivity contribution < 1.29 is 28.3 Å². The molecule has 2 fully saturated rings. The molecule has 9 nitrogen and oxygen atoms in total. The molecule has 9 heteroatoms. The minimum atomic E-state index is -0.944. The molecule has 2 amide bonds. The molecule has 2 aliphatic heterocycles. The lowest BCUT2D eigenvalue weighted by Crippen LogP contribution is -2.56. The summed E-state index contributed by atoms with van der Waals surface area (Å²) in [6, 6.07) is 9.62. The second kappa shape index (κ2) is 11.3. The highest BCUT2D eigenvalue weighted by Gasteiger charge is 2.40. The van der Waals surface area contributed by atoms with E-state index in [0.29, 0.717) is 18.7 Å². The average molecular weight is 498 g/mol. The van der Waals surface area contributed by atoms with Crippen molar-refractivity contribution in [2.24, 2.45) is 0 Å². The Morgan fingerprint density at radius 1 is 1.17 bits per heavy atom. The monoisotopic (exact) mass is 497 g/mol. The molecule has 1 aromatic heterocycles. The standard InChI is InChI=1S/C27H35N3O6/c1-18-22(11-14-34-18)36-26(33)28-20(15-27(2,3)19-9-5-4-6-10-19)25(32)29-24-21(31)17-35-23(24)16-30-12-7-8-13-30/h4-6,9-11,14,20,23-24H,7-8,12-13,15-17H2,1-3H3,(H,28,33)(H,29,32)/t20-,23?,24?/m0/s1. The molecule has 2 saturated heterocycles. The Morgan fingerprint density at radius 2 is 1.89 bits per heavy atom. The Bertz CT molecular complexity index is 1060. The van der Waals surface area contributed by atoms with Crippen LogP contribution >= 0.6 is 0 Å². The van der Waals surface area contributed by atoms with E-state index >= 15 is 0 Å². The predicted molar refractivity (Wildman–Crippen MR) is 133 cm³/mol. The van der Waals surface area contributed by atoms with Gasteiger partial charge in [0.05, 0.1) is 12.4 Å². The van der Waals surface area contributed by atoms with Crippen molar-refractivity contribution in [1.29, 1.82) is 0 Å². The molecule has 2 N–H and O–H groups in total. The van der Waals surface area contributed by atoms with Crippen LogP contribution in [-0.4, -0.2) is 67.1 Å². The molecule has 4 rings (SSSR count). The molecule has 2 unspecified atom stereocenters. The van der Waals surface area contributed by atoms with E-state index in [0.717, 1.165) is 31.5 Å². The predicted octanol–water partition coefficient (Wildman–Crippen LogP) is 2.96.